The lowest BCUT2D eigenvalue weighted by Gasteiger charge is -2.23. The van der Waals surface area contributed by atoms with Crippen LogP contribution in [0.25, 0.3) is 11.0 Å². The Bertz CT molecular complexity index is 607. The van der Waals surface area contributed by atoms with Gasteiger partial charge in [0.2, 0.25) is 0 Å². The first-order valence-electron chi connectivity index (χ1n) is 5.98. The number of aromatic amines is 1. The smallest absolute Gasteiger partial charge is 0.326 e. The number of anilines is 1. The number of nitrogens with one attached hydrogen (secondary N) is 1. The second-order valence-electron chi connectivity index (χ2n) is 4.52. The summed E-state index contributed by atoms with van der Waals surface area (Å²) in [5.74, 6) is 0.590. The van der Waals surface area contributed by atoms with Crippen LogP contribution in [0.1, 0.15) is 18.7 Å². The number of aryl methyl sites for hydroxylation is 1. The quantitative estimate of drug-likeness (QED) is 0.835. The number of hydrogen-bond acceptors (Lipinski definition) is 4. The van der Waals surface area contributed by atoms with Crippen molar-refractivity contribution in [3.8, 4) is 0 Å². The molecule has 3 rings (SSSR count). The number of carbonyl (C=O) groups is 1. The third kappa shape index (κ3) is 1.61. The first-order valence-corrected chi connectivity index (χ1v) is 5.98. The Morgan fingerprint density at radius 2 is 2.39 bits per heavy atom. The molecule has 0 amide bonds. The van der Waals surface area contributed by atoms with Gasteiger partial charge in [0.15, 0.2) is 0 Å². The predicted molar refractivity (Wildman–Crippen MR) is 66.6 cm³/mol. The summed E-state index contributed by atoms with van der Waals surface area (Å²) in [5.41, 5.74) is 0.758. The second-order valence-corrected chi connectivity index (χ2v) is 4.52. The lowest BCUT2D eigenvalue weighted by atomic mass is 10.2. The molecule has 2 N–H and O–H groups in total. The van der Waals surface area contributed by atoms with Gasteiger partial charge in [-0.3, -0.25) is 0 Å². The molecule has 0 unspecified atom stereocenters. The van der Waals surface area contributed by atoms with Crippen molar-refractivity contribution in [3.63, 3.8) is 0 Å². The van der Waals surface area contributed by atoms with E-state index < -0.39 is 12.0 Å². The van der Waals surface area contributed by atoms with Crippen LogP contribution < -0.4 is 4.90 Å². The van der Waals surface area contributed by atoms with Crippen LogP contribution in [0.4, 0.5) is 5.82 Å². The van der Waals surface area contributed by atoms with E-state index in [0.29, 0.717) is 12.2 Å². The largest absolute Gasteiger partial charge is 0.480 e. The van der Waals surface area contributed by atoms with Crippen molar-refractivity contribution in [3.05, 3.63) is 18.1 Å². The number of rotatable bonds is 2. The van der Waals surface area contributed by atoms with Crippen LogP contribution >= 0.6 is 0 Å². The fraction of sp³-hybridized carbons (Fsp3) is 0.417. The Hall–Kier alpha value is -2.11. The summed E-state index contributed by atoms with van der Waals surface area (Å²) >= 11 is 0. The van der Waals surface area contributed by atoms with Gasteiger partial charge in [0, 0.05) is 12.7 Å². The average molecular weight is 246 g/mol. The monoisotopic (exact) mass is 246 g/mol. The van der Waals surface area contributed by atoms with E-state index in [4.69, 9.17) is 0 Å². The van der Waals surface area contributed by atoms with Gasteiger partial charge >= 0.3 is 5.97 Å². The van der Waals surface area contributed by atoms with Gasteiger partial charge in [0.1, 0.15) is 23.3 Å². The molecular weight excluding hydrogens is 232 g/mol. The highest BCUT2D eigenvalue weighted by molar-refractivity contribution is 5.90. The summed E-state index contributed by atoms with van der Waals surface area (Å²) in [6, 6.07) is 1.42. The molecule has 3 heterocycles. The summed E-state index contributed by atoms with van der Waals surface area (Å²) in [4.78, 5) is 24.9. The molecule has 1 aliphatic rings. The second kappa shape index (κ2) is 3.97. The number of aromatic nitrogens is 3. The molecule has 6 nitrogen and oxygen atoms in total. The van der Waals surface area contributed by atoms with Crippen LogP contribution in [0.3, 0.4) is 0 Å². The van der Waals surface area contributed by atoms with Crippen molar-refractivity contribution in [2.24, 2.45) is 0 Å². The topological polar surface area (TPSA) is 82.1 Å². The van der Waals surface area contributed by atoms with Gasteiger partial charge in [-0.15, -0.1) is 0 Å². The first-order chi connectivity index (χ1) is 8.66. The normalized spacial score (nSPS) is 19.6. The molecule has 6 heteroatoms. The fourth-order valence-electron chi connectivity index (χ4n) is 2.53. The van der Waals surface area contributed by atoms with Gasteiger partial charge in [-0.2, -0.15) is 0 Å². The number of carboxylic acids is 1. The van der Waals surface area contributed by atoms with Crippen molar-refractivity contribution in [2.45, 2.75) is 25.8 Å². The average Bonchev–Trinajstić information content (AvgIpc) is 2.95. The van der Waals surface area contributed by atoms with Crippen LogP contribution in [0.2, 0.25) is 0 Å². The van der Waals surface area contributed by atoms with E-state index >= 15 is 0 Å². The maximum absolute atomic E-state index is 11.3. The minimum atomic E-state index is -0.785. The highest BCUT2D eigenvalue weighted by atomic mass is 16.4. The Balaban J connectivity index is 2.13. The molecule has 0 aliphatic carbocycles. The van der Waals surface area contributed by atoms with Crippen molar-refractivity contribution >= 4 is 22.8 Å². The number of hydrogen-bond donors (Lipinski definition) is 2. The number of fused-ring (bicyclic) bond motifs is 1. The molecule has 0 saturated carbocycles. The van der Waals surface area contributed by atoms with Crippen molar-refractivity contribution in [1.82, 2.24) is 15.0 Å². The van der Waals surface area contributed by atoms with Crippen LogP contribution in [-0.4, -0.2) is 38.6 Å². The van der Waals surface area contributed by atoms with E-state index in [2.05, 4.69) is 15.0 Å². The summed E-state index contributed by atoms with van der Waals surface area (Å²) in [6.07, 6.45) is 3.35. The SMILES string of the molecule is Cc1nc(N2CCC[C@@H]2C(=O)O)c2cc[nH]c2n1. The van der Waals surface area contributed by atoms with Crippen LogP contribution in [0.5, 0.6) is 0 Å². The van der Waals surface area contributed by atoms with Gasteiger partial charge in [-0.05, 0) is 25.8 Å². The molecule has 1 aliphatic heterocycles. The Labute approximate surface area is 104 Å². The Morgan fingerprint density at radius 3 is 3.17 bits per heavy atom. The third-order valence-electron chi connectivity index (χ3n) is 3.32. The van der Waals surface area contributed by atoms with Crippen LogP contribution in [-0.2, 0) is 4.79 Å². The first kappa shape index (κ1) is 11.0. The lowest BCUT2D eigenvalue weighted by molar-refractivity contribution is -0.138. The number of carboxylic acid groups (broad SMARTS) is 1. The zero-order chi connectivity index (χ0) is 12.7. The molecule has 18 heavy (non-hydrogen) atoms. The van der Waals surface area contributed by atoms with Crippen molar-refractivity contribution in [2.75, 3.05) is 11.4 Å². The van der Waals surface area contributed by atoms with Crippen LogP contribution in [0, 0.1) is 6.92 Å². The maximum Gasteiger partial charge on any atom is 0.326 e. The zero-order valence-electron chi connectivity index (χ0n) is 10.1. The summed E-state index contributed by atoms with van der Waals surface area (Å²) in [6.45, 7) is 2.54. The molecule has 1 fully saturated rings. The molecular formula is C12H14N4O2. The standard InChI is InChI=1S/C12H14N4O2/c1-7-14-10-8(4-5-13-10)11(15-7)16-6-2-3-9(16)12(17)18/h4-5,9H,2-3,6H2,1H3,(H,17,18)(H,13,14,15)/t9-/m1/s1. The Kier molecular flexibility index (Phi) is 2.43. The fourth-order valence-corrected chi connectivity index (χ4v) is 2.53. The zero-order valence-corrected chi connectivity index (χ0v) is 10.1. The van der Waals surface area contributed by atoms with Gasteiger partial charge in [0.05, 0.1) is 5.39 Å². The maximum atomic E-state index is 11.3. The lowest BCUT2D eigenvalue weighted by Crippen LogP contribution is -2.36. The number of nitrogens with zero attached hydrogens (tertiary/aromatic N) is 3. The number of H-pyrrole nitrogens is 1. The molecule has 0 bridgehead atoms. The van der Waals surface area contributed by atoms with E-state index in [-0.39, 0.29) is 0 Å². The highest BCUT2D eigenvalue weighted by Gasteiger charge is 2.32. The molecule has 0 aromatic carbocycles. The summed E-state index contributed by atoms with van der Waals surface area (Å²) < 4.78 is 0. The van der Waals surface area contributed by atoms with Gasteiger partial charge in [-0.1, -0.05) is 0 Å². The van der Waals surface area contributed by atoms with Crippen molar-refractivity contribution in [1.29, 1.82) is 0 Å². The number of aliphatic carboxylic acids is 1. The summed E-state index contributed by atoms with van der Waals surface area (Å²) in [5, 5.41) is 10.1. The molecule has 1 saturated heterocycles. The van der Waals surface area contributed by atoms with E-state index in [9.17, 15) is 9.90 Å². The van der Waals surface area contributed by atoms with E-state index in [1.807, 2.05) is 17.9 Å². The summed E-state index contributed by atoms with van der Waals surface area (Å²) in [7, 11) is 0. The van der Waals surface area contributed by atoms with Crippen molar-refractivity contribution < 1.29 is 9.90 Å². The Morgan fingerprint density at radius 1 is 1.56 bits per heavy atom. The predicted octanol–water partition coefficient (Wildman–Crippen LogP) is 1.32. The van der Waals surface area contributed by atoms with E-state index in [1.165, 1.54) is 0 Å². The van der Waals surface area contributed by atoms with E-state index in [1.54, 1.807) is 6.20 Å². The molecule has 1 atom stereocenters. The molecule has 2 aromatic heterocycles. The highest BCUT2D eigenvalue weighted by Crippen LogP contribution is 2.29. The molecule has 0 radical (unpaired) electrons. The minimum Gasteiger partial charge on any atom is -0.480 e. The van der Waals surface area contributed by atoms with Crippen LogP contribution in [0.15, 0.2) is 12.3 Å². The molecule has 0 spiro atoms. The molecule has 94 valence electrons. The molecule has 2 aromatic rings. The third-order valence-corrected chi connectivity index (χ3v) is 3.32. The van der Waals surface area contributed by atoms with Gasteiger partial charge in [-0.25, -0.2) is 14.8 Å². The van der Waals surface area contributed by atoms with Gasteiger partial charge < -0.3 is 15.0 Å². The van der Waals surface area contributed by atoms with Gasteiger partial charge in [0.25, 0.3) is 0 Å². The van der Waals surface area contributed by atoms with E-state index in [0.717, 1.165) is 29.8 Å². The minimum absolute atomic E-state index is 0.475.